The predicted octanol–water partition coefficient (Wildman–Crippen LogP) is 5.43. The number of piperazine rings is 1. The van der Waals surface area contributed by atoms with Crippen LogP contribution >= 0.6 is 12.4 Å². The lowest BCUT2D eigenvalue weighted by molar-refractivity contribution is -0.144. The zero-order valence-electron chi connectivity index (χ0n) is 14.3. The summed E-state index contributed by atoms with van der Waals surface area (Å²) in [6.45, 7) is 1.12. The molecule has 2 rings (SSSR count). The van der Waals surface area contributed by atoms with Crippen molar-refractivity contribution in [2.24, 2.45) is 0 Å². The van der Waals surface area contributed by atoms with Crippen LogP contribution in [0.1, 0.15) is 35.6 Å². The summed E-state index contributed by atoms with van der Waals surface area (Å²) in [6.07, 6.45) is -16.7. The van der Waals surface area contributed by atoms with E-state index in [1.807, 2.05) is 0 Å². The van der Waals surface area contributed by atoms with Crippen LogP contribution in [-0.4, -0.2) is 37.3 Å². The van der Waals surface area contributed by atoms with Crippen LogP contribution in [0.5, 0.6) is 0 Å². The van der Waals surface area contributed by atoms with E-state index in [4.69, 9.17) is 0 Å². The highest BCUT2D eigenvalue weighted by Gasteiger charge is 2.41. The second-order valence-electron chi connectivity index (χ2n) is 6.25. The first kappa shape index (κ1) is 24.8. The van der Waals surface area contributed by atoms with Gasteiger partial charge in [-0.15, -0.1) is 12.4 Å². The van der Waals surface area contributed by atoms with Gasteiger partial charge in [0.15, 0.2) is 0 Å². The van der Waals surface area contributed by atoms with Gasteiger partial charge in [-0.3, -0.25) is 4.90 Å². The van der Waals surface area contributed by atoms with Crippen LogP contribution in [0.4, 0.5) is 39.5 Å². The summed E-state index contributed by atoms with van der Waals surface area (Å²) in [5.74, 6) is 0. The molecule has 0 radical (unpaired) electrons. The van der Waals surface area contributed by atoms with E-state index >= 15 is 0 Å². The summed E-state index contributed by atoms with van der Waals surface area (Å²) < 4.78 is 117. The van der Waals surface area contributed by atoms with E-state index in [1.54, 1.807) is 0 Å². The molecule has 1 atom stereocenters. The van der Waals surface area contributed by atoms with Crippen molar-refractivity contribution < 1.29 is 39.5 Å². The standard InChI is InChI=1S/C16H17F9N2.ClH/c17-14(18,19)4-3-13(27-7-5-26-6-8-27)11-2-1-10(15(20,21)22)9-12(11)16(23,24)25;/h1-2,9,13,26H,3-8H2;1H/t13-;/m1./s1. The van der Waals surface area contributed by atoms with E-state index in [9.17, 15) is 39.5 Å². The number of halogens is 10. The fourth-order valence-corrected chi connectivity index (χ4v) is 3.10. The molecule has 1 saturated heterocycles. The first-order valence-electron chi connectivity index (χ1n) is 8.09. The van der Waals surface area contributed by atoms with Gasteiger partial charge in [-0.05, 0) is 24.1 Å². The van der Waals surface area contributed by atoms with Crippen molar-refractivity contribution in [3.8, 4) is 0 Å². The van der Waals surface area contributed by atoms with Gasteiger partial charge in [0, 0.05) is 38.6 Å². The molecule has 0 saturated carbocycles. The lowest BCUT2D eigenvalue weighted by atomic mass is 9.92. The maximum atomic E-state index is 13.4. The monoisotopic (exact) mass is 444 g/mol. The van der Waals surface area contributed by atoms with Gasteiger partial charge in [-0.2, -0.15) is 39.5 Å². The molecule has 0 aliphatic carbocycles. The van der Waals surface area contributed by atoms with E-state index < -0.39 is 54.1 Å². The Morgan fingerprint density at radius 2 is 1.46 bits per heavy atom. The predicted molar refractivity (Wildman–Crippen MR) is 86.2 cm³/mol. The molecule has 2 nitrogen and oxygen atoms in total. The van der Waals surface area contributed by atoms with Crippen LogP contribution in [0.2, 0.25) is 0 Å². The third kappa shape index (κ3) is 6.70. The Labute approximate surface area is 161 Å². The first-order chi connectivity index (χ1) is 12.3. The topological polar surface area (TPSA) is 15.3 Å². The highest BCUT2D eigenvalue weighted by Crippen LogP contribution is 2.42. The van der Waals surface area contributed by atoms with E-state index in [0.717, 1.165) is 0 Å². The highest BCUT2D eigenvalue weighted by atomic mass is 35.5. The average Bonchev–Trinajstić information content (AvgIpc) is 2.53. The summed E-state index contributed by atoms with van der Waals surface area (Å²) in [5.41, 5.74) is -3.61. The maximum absolute atomic E-state index is 13.4. The van der Waals surface area contributed by atoms with Crippen molar-refractivity contribution in [1.82, 2.24) is 10.2 Å². The van der Waals surface area contributed by atoms with Gasteiger partial charge in [0.25, 0.3) is 0 Å². The summed E-state index contributed by atoms with van der Waals surface area (Å²) in [6, 6.07) is -0.187. The van der Waals surface area contributed by atoms with Crippen molar-refractivity contribution in [2.45, 2.75) is 37.4 Å². The Hall–Kier alpha value is -1.20. The van der Waals surface area contributed by atoms with Gasteiger partial charge in [0.2, 0.25) is 0 Å². The van der Waals surface area contributed by atoms with Crippen LogP contribution in [0.3, 0.4) is 0 Å². The molecule has 1 aromatic carbocycles. The third-order valence-corrected chi connectivity index (χ3v) is 4.34. The normalized spacial score (nSPS) is 17.9. The van der Waals surface area contributed by atoms with E-state index in [2.05, 4.69) is 5.32 Å². The van der Waals surface area contributed by atoms with Crippen LogP contribution in [0.25, 0.3) is 0 Å². The Morgan fingerprint density at radius 3 is 1.93 bits per heavy atom. The lowest BCUT2D eigenvalue weighted by Crippen LogP contribution is -2.45. The maximum Gasteiger partial charge on any atom is 0.416 e. The van der Waals surface area contributed by atoms with Crippen LogP contribution in [0.15, 0.2) is 18.2 Å². The summed E-state index contributed by atoms with van der Waals surface area (Å²) >= 11 is 0. The number of nitrogens with zero attached hydrogens (tertiary/aromatic N) is 1. The largest absolute Gasteiger partial charge is 0.416 e. The van der Waals surface area contributed by atoms with E-state index in [-0.39, 0.29) is 31.6 Å². The molecule has 1 aromatic rings. The number of hydrogen-bond acceptors (Lipinski definition) is 2. The van der Waals surface area contributed by atoms with Gasteiger partial charge < -0.3 is 5.32 Å². The number of rotatable bonds is 4. The average molecular weight is 445 g/mol. The fourth-order valence-electron chi connectivity index (χ4n) is 3.10. The Balaban J connectivity index is 0.00000392. The number of alkyl halides is 9. The summed E-state index contributed by atoms with van der Waals surface area (Å²) in [7, 11) is 0. The minimum absolute atomic E-state index is 0. The number of hydrogen-bond donors (Lipinski definition) is 1. The quantitative estimate of drug-likeness (QED) is 0.623. The van der Waals surface area contributed by atoms with Crippen molar-refractivity contribution in [3.63, 3.8) is 0 Å². The molecule has 162 valence electrons. The smallest absolute Gasteiger partial charge is 0.314 e. The summed E-state index contributed by atoms with van der Waals surface area (Å²) in [4.78, 5) is 1.44. The van der Waals surface area contributed by atoms with Gasteiger partial charge in [-0.25, -0.2) is 0 Å². The molecule has 1 aliphatic rings. The lowest BCUT2D eigenvalue weighted by Gasteiger charge is -2.36. The Bertz CT molecular complexity index is 634. The van der Waals surface area contributed by atoms with Gasteiger partial charge in [0.05, 0.1) is 11.1 Å². The molecule has 1 aliphatic heterocycles. The first-order valence-corrected chi connectivity index (χ1v) is 8.09. The second kappa shape index (κ2) is 9.08. The second-order valence-corrected chi connectivity index (χ2v) is 6.25. The molecule has 0 spiro atoms. The third-order valence-electron chi connectivity index (χ3n) is 4.34. The zero-order chi connectivity index (χ0) is 20.5. The molecule has 12 heteroatoms. The minimum Gasteiger partial charge on any atom is -0.314 e. The molecule has 1 N–H and O–H groups in total. The van der Waals surface area contributed by atoms with Gasteiger partial charge in [-0.1, -0.05) is 6.07 Å². The minimum atomic E-state index is -5.12. The van der Waals surface area contributed by atoms with Crippen molar-refractivity contribution in [3.05, 3.63) is 34.9 Å². The van der Waals surface area contributed by atoms with Crippen molar-refractivity contribution in [2.75, 3.05) is 26.2 Å². The van der Waals surface area contributed by atoms with E-state index in [1.165, 1.54) is 4.90 Å². The molecular weight excluding hydrogens is 427 g/mol. The van der Waals surface area contributed by atoms with E-state index in [0.29, 0.717) is 25.2 Å². The van der Waals surface area contributed by atoms with Crippen LogP contribution in [0, 0.1) is 0 Å². The summed E-state index contributed by atoms with van der Waals surface area (Å²) in [5, 5.41) is 2.93. The Kier molecular flexibility index (Phi) is 8.06. The molecule has 0 unspecified atom stereocenters. The fraction of sp³-hybridized carbons (Fsp3) is 0.625. The van der Waals surface area contributed by atoms with Crippen LogP contribution in [-0.2, 0) is 12.4 Å². The van der Waals surface area contributed by atoms with Crippen molar-refractivity contribution in [1.29, 1.82) is 0 Å². The molecule has 1 heterocycles. The molecule has 0 bridgehead atoms. The Morgan fingerprint density at radius 1 is 0.893 bits per heavy atom. The molecule has 0 amide bonds. The number of nitrogens with one attached hydrogen (secondary N) is 1. The van der Waals surface area contributed by atoms with Crippen LogP contribution < -0.4 is 5.32 Å². The molecule has 1 fully saturated rings. The molecule has 0 aromatic heterocycles. The molecular formula is C16H18ClF9N2. The highest BCUT2D eigenvalue weighted by molar-refractivity contribution is 5.85. The van der Waals surface area contributed by atoms with Gasteiger partial charge in [0.1, 0.15) is 0 Å². The zero-order valence-corrected chi connectivity index (χ0v) is 15.1. The SMILES string of the molecule is Cl.FC(F)(F)CC[C@H](c1ccc(C(F)(F)F)cc1C(F)(F)F)N1CCNCC1. The van der Waals surface area contributed by atoms with Crippen molar-refractivity contribution >= 4 is 12.4 Å². The molecule has 28 heavy (non-hydrogen) atoms. The van der Waals surface area contributed by atoms with Gasteiger partial charge >= 0.3 is 18.5 Å². The number of benzene rings is 1.